The zero-order valence-electron chi connectivity index (χ0n) is 16.3. The molecule has 3 aromatic rings. The number of thiocarbonyl (C=S) groups is 1. The van der Waals surface area contributed by atoms with E-state index in [0.29, 0.717) is 30.3 Å². The van der Waals surface area contributed by atoms with Crippen LogP contribution in [0.3, 0.4) is 0 Å². The largest absolute Gasteiger partial charge is 0.363 e. The van der Waals surface area contributed by atoms with E-state index in [1.807, 2.05) is 37.8 Å². The topological polar surface area (TPSA) is 48.1 Å². The summed E-state index contributed by atoms with van der Waals surface area (Å²) in [5, 5.41) is 4.70. The molecule has 0 amide bonds. The summed E-state index contributed by atoms with van der Waals surface area (Å²) < 4.78 is 13.2. The van der Waals surface area contributed by atoms with E-state index in [4.69, 9.17) is 12.2 Å². The van der Waals surface area contributed by atoms with Crippen molar-refractivity contribution in [1.29, 1.82) is 0 Å². The number of nitrogens with zero attached hydrogens (tertiary/aromatic N) is 1. The number of benzene rings is 2. The highest BCUT2D eigenvalue weighted by Crippen LogP contribution is 2.20. The summed E-state index contributed by atoms with van der Waals surface area (Å²) >= 11 is 5.50. The highest BCUT2D eigenvalue weighted by molar-refractivity contribution is 7.80. The van der Waals surface area contributed by atoms with Crippen molar-refractivity contribution in [2.24, 2.45) is 0 Å². The van der Waals surface area contributed by atoms with Gasteiger partial charge in [-0.2, -0.15) is 0 Å². The minimum Gasteiger partial charge on any atom is -0.363 e. The van der Waals surface area contributed by atoms with Crippen molar-refractivity contribution in [2.75, 3.05) is 6.54 Å². The lowest BCUT2D eigenvalue weighted by molar-refractivity contribution is 0.398. The number of H-pyrrole nitrogens is 1. The fourth-order valence-electron chi connectivity index (χ4n) is 3.17. The molecule has 0 aliphatic carbocycles. The minimum atomic E-state index is -0.277. The molecule has 28 heavy (non-hydrogen) atoms. The van der Waals surface area contributed by atoms with Crippen LogP contribution in [0.5, 0.6) is 0 Å². The molecule has 3 rings (SSSR count). The molecule has 1 heterocycles. The lowest BCUT2D eigenvalue weighted by Crippen LogP contribution is -2.39. The van der Waals surface area contributed by atoms with Gasteiger partial charge in [-0.25, -0.2) is 4.39 Å². The summed E-state index contributed by atoms with van der Waals surface area (Å²) in [5.74, 6) is -0.277. The molecule has 2 N–H and O–H groups in total. The van der Waals surface area contributed by atoms with Crippen molar-refractivity contribution in [2.45, 2.75) is 33.9 Å². The van der Waals surface area contributed by atoms with Gasteiger partial charge in [-0.15, -0.1) is 0 Å². The van der Waals surface area contributed by atoms with Gasteiger partial charge in [0.15, 0.2) is 5.11 Å². The lowest BCUT2D eigenvalue weighted by Gasteiger charge is -2.26. The first-order valence-corrected chi connectivity index (χ1v) is 9.69. The molecule has 0 bridgehead atoms. The molecule has 0 aliphatic rings. The van der Waals surface area contributed by atoms with Crippen LogP contribution in [0.25, 0.3) is 10.9 Å². The Kier molecular flexibility index (Phi) is 6.09. The lowest BCUT2D eigenvalue weighted by atomic mass is 10.0. The van der Waals surface area contributed by atoms with Gasteiger partial charge in [-0.05, 0) is 73.3 Å². The molecule has 0 fully saturated rings. The van der Waals surface area contributed by atoms with E-state index < -0.39 is 0 Å². The third-order valence-corrected chi connectivity index (χ3v) is 5.29. The molecule has 0 saturated heterocycles. The molecule has 4 nitrogen and oxygen atoms in total. The fraction of sp³-hybridized carbons (Fsp3) is 0.273. The number of fused-ring (bicyclic) bond motifs is 1. The van der Waals surface area contributed by atoms with Gasteiger partial charge >= 0.3 is 0 Å². The third kappa shape index (κ3) is 4.39. The van der Waals surface area contributed by atoms with Crippen LogP contribution in [-0.4, -0.2) is 21.5 Å². The quantitative estimate of drug-likeness (QED) is 0.634. The SMILES string of the molecule is CCNC(=S)N(Cc1ccc(F)cc1)Cc1cc2ccc(C)c(C)c2[nH]c1=O. The second kappa shape index (κ2) is 8.52. The van der Waals surface area contributed by atoms with Crippen molar-refractivity contribution < 1.29 is 4.39 Å². The first-order valence-electron chi connectivity index (χ1n) is 9.28. The number of pyridine rings is 1. The van der Waals surface area contributed by atoms with Gasteiger partial charge in [0.25, 0.3) is 5.56 Å². The monoisotopic (exact) mass is 397 g/mol. The maximum atomic E-state index is 13.2. The van der Waals surface area contributed by atoms with Crippen molar-refractivity contribution in [3.05, 3.63) is 80.9 Å². The average Bonchev–Trinajstić information content (AvgIpc) is 2.67. The van der Waals surface area contributed by atoms with Crippen LogP contribution in [0.15, 0.2) is 47.3 Å². The van der Waals surface area contributed by atoms with Gasteiger partial charge in [0.05, 0.1) is 12.1 Å². The van der Waals surface area contributed by atoms with Gasteiger partial charge in [-0.1, -0.05) is 24.3 Å². The van der Waals surface area contributed by atoms with Crippen molar-refractivity contribution in [3.63, 3.8) is 0 Å². The molecule has 146 valence electrons. The summed E-state index contributed by atoms with van der Waals surface area (Å²) in [6.45, 7) is 7.54. The van der Waals surface area contributed by atoms with Crippen LogP contribution >= 0.6 is 12.2 Å². The summed E-state index contributed by atoms with van der Waals surface area (Å²) in [4.78, 5) is 17.7. The molecule has 0 radical (unpaired) electrons. The Labute approximate surface area is 169 Å². The van der Waals surface area contributed by atoms with E-state index in [1.165, 1.54) is 12.1 Å². The smallest absolute Gasteiger partial charge is 0.253 e. The molecule has 0 atom stereocenters. The van der Waals surface area contributed by atoms with Crippen LogP contribution in [0.1, 0.15) is 29.2 Å². The van der Waals surface area contributed by atoms with Crippen LogP contribution in [0.4, 0.5) is 4.39 Å². The summed E-state index contributed by atoms with van der Waals surface area (Å²) in [7, 11) is 0. The highest BCUT2D eigenvalue weighted by Gasteiger charge is 2.14. The zero-order valence-corrected chi connectivity index (χ0v) is 17.1. The highest BCUT2D eigenvalue weighted by atomic mass is 32.1. The number of rotatable bonds is 5. The maximum absolute atomic E-state index is 13.2. The Morgan fingerprint density at radius 3 is 2.54 bits per heavy atom. The van der Waals surface area contributed by atoms with E-state index in [-0.39, 0.29) is 11.4 Å². The summed E-state index contributed by atoms with van der Waals surface area (Å²) in [5.41, 5.74) is 4.52. The number of aromatic nitrogens is 1. The van der Waals surface area contributed by atoms with Gasteiger partial charge in [0.1, 0.15) is 5.82 Å². The Morgan fingerprint density at radius 1 is 1.14 bits per heavy atom. The van der Waals surface area contributed by atoms with Crippen LogP contribution < -0.4 is 10.9 Å². The van der Waals surface area contributed by atoms with Gasteiger partial charge in [0.2, 0.25) is 0 Å². The fourth-order valence-corrected chi connectivity index (χ4v) is 3.44. The first kappa shape index (κ1) is 20.0. The molecule has 0 unspecified atom stereocenters. The molecule has 6 heteroatoms. The second-order valence-electron chi connectivity index (χ2n) is 6.91. The van der Waals surface area contributed by atoms with Crippen molar-refractivity contribution in [3.8, 4) is 0 Å². The van der Waals surface area contributed by atoms with E-state index in [1.54, 1.807) is 12.1 Å². The predicted molar refractivity (Wildman–Crippen MR) is 116 cm³/mol. The number of hydrogen-bond donors (Lipinski definition) is 2. The van der Waals surface area contributed by atoms with E-state index >= 15 is 0 Å². The maximum Gasteiger partial charge on any atom is 0.253 e. The third-order valence-electron chi connectivity index (χ3n) is 4.89. The van der Waals surface area contributed by atoms with Crippen LogP contribution in [0, 0.1) is 19.7 Å². The molecular weight excluding hydrogens is 373 g/mol. The summed E-state index contributed by atoms with van der Waals surface area (Å²) in [6, 6.07) is 12.3. The number of aryl methyl sites for hydroxylation is 2. The van der Waals surface area contributed by atoms with Crippen molar-refractivity contribution in [1.82, 2.24) is 15.2 Å². The minimum absolute atomic E-state index is 0.121. The average molecular weight is 398 g/mol. The second-order valence-corrected chi connectivity index (χ2v) is 7.30. The zero-order chi connectivity index (χ0) is 20.3. The normalized spacial score (nSPS) is 10.9. The van der Waals surface area contributed by atoms with E-state index in [0.717, 1.165) is 27.6 Å². The Morgan fingerprint density at radius 2 is 1.86 bits per heavy atom. The molecule has 1 aromatic heterocycles. The number of hydrogen-bond acceptors (Lipinski definition) is 2. The number of aromatic amines is 1. The van der Waals surface area contributed by atoms with Gasteiger partial charge in [-0.3, -0.25) is 4.79 Å². The Balaban J connectivity index is 1.94. The molecular formula is C22H24FN3OS. The molecule has 0 spiro atoms. The molecule has 0 aliphatic heterocycles. The Hall–Kier alpha value is -2.73. The van der Waals surface area contributed by atoms with Crippen LogP contribution in [0.2, 0.25) is 0 Å². The van der Waals surface area contributed by atoms with Crippen molar-refractivity contribution >= 4 is 28.2 Å². The van der Waals surface area contributed by atoms with Gasteiger partial charge < -0.3 is 15.2 Å². The standard InChI is InChI=1S/C22H24FN3OS/c1-4-24-22(28)26(12-16-6-9-19(23)10-7-16)13-18-11-17-8-5-14(2)15(3)20(17)25-21(18)27/h5-11H,4,12-13H2,1-3H3,(H,24,28)(H,25,27). The summed E-state index contributed by atoms with van der Waals surface area (Å²) in [6.07, 6.45) is 0. The Bertz CT molecular complexity index is 1060. The number of halogens is 1. The molecule has 2 aromatic carbocycles. The van der Waals surface area contributed by atoms with E-state index in [2.05, 4.69) is 16.4 Å². The van der Waals surface area contributed by atoms with Gasteiger partial charge in [0, 0.05) is 18.7 Å². The number of nitrogens with one attached hydrogen (secondary N) is 2. The predicted octanol–water partition coefficient (Wildman–Crippen LogP) is 4.18. The first-order chi connectivity index (χ1) is 13.4. The van der Waals surface area contributed by atoms with Crippen LogP contribution in [-0.2, 0) is 13.1 Å². The van der Waals surface area contributed by atoms with E-state index in [9.17, 15) is 9.18 Å². The molecule has 0 saturated carbocycles.